The van der Waals surface area contributed by atoms with Crippen LogP contribution in [0.15, 0.2) is 108 Å². The zero-order valence-corrected chi connectivity index (χ0v) is 30.0. The summed E-state index contributed by atoms with van der Waals surface area (Å²) in [6.07, 6.45) is 8.71. The second kappa shape index (κ2) is 12.6. The Morgan fingerprint density at radius 1 is 1.07 bits per heavy atom. The van der Waals surface area contributed by atoms with Gasteiger partial charge in [-0.2, -0.15) is 0 Å². The van der Waals surface area contributed by atoms with Crippen molar-refractivity contribution < 1.29 is 75.6 Å². The van der Waals surface area contributed by atoms with Crippen LogP contribution >= 0.6 is 0 Å². The summed E-state index contributed by atoms with van der Waals surface area (Å²) in [5.74, 6) is -4.15. The summed E-state index contributed by atoms with van der Waals surface area (Å²) in [7, 11) is 1.27. The molecule has 0 aromatic carbocycles. The Hall–Kier alpha value is -3.02. The number of fused-ring (bicyclic) bond motifs is 5. The van der Waals surface area contributed by atoms with Crippen LogP contribution in [0.4, 0.5) is 0 Å². The first-order valence-corrected chi connectivity index (χ1v) is 15.0. The maximum atomic E-state index is 14.0. The number of aliphatic carboxylic acids is 1. The minimum absolute atomic E-state index is 0. The molecular weight excluding hydrogens is 596 g/mol. The van der Waals surface area contributed by atoms with Gasteiger partial charge in [-0.15, -0.1) is 0 Å². The second-order valence-electron chi connectivity index (χ2n) is 12.0. The van der Waals surface area contributed by atoms with Crippen molar-refractivity contribution in [2.24, 2.45) is 38.6 Å². The van der Waals surface area contributed by atoms with Crippen molar-refractivity contribution in [1.29, 1.82) is 0 Å². The molecule has 5 heterocycles. The van der Waals surface area contributed by atoms with Gasteiger partial charge in [-0.1, -0.05) is 26.5 Å². The average molecular weight is 632 g/mol. The molecule has 8 bridgehead atoms. The van der Waals surface area contributed by atoms with Crippen molar-refractivity contribution in [1.82, 2.24) is 5.32 Å². The number of carboxylic acids is 1. The Balaban J connectivity index is 0.00000400. The van der Waals surface area contributed by atoms with Crippen LogP contribution in [-0.2, 0) is 19.1 Å². The third-order valence-corrected chi connectivity index (χ3v) is 9.71. The predicted octanol–water partition coefficient (Wildman–Crippen LogP) is 2.49. The van der Waals surface area contributed by atoms with Gasteiger partial charge >= 0.3 is 63.3 Å². The Morgan fingerprint density at radius 3 is 2.40 bits per heavy atom. The molecule has 45 heavy (non-hydrogen) atoms. The van der Waals surface area contributed by atoms with E-state index in [1.165, 1.54) is 7.11 Å². The summed E-state index contributed by atoms with van der Waals surface area (Å²) in [6, 6.07) is 0. The SMILES string of the molecule is C=CC1=C(C)C2=NC1=CC1=NC(=CC3=C(C)C4C(=O)[C@H](C(=O)OC)C(=C5NC(=C2)[C@@H](C)[C@@H]5CCC(=O)O)C4=N3)C(CC)=C1C.[K+]. The molecule has 9 nitrogen and oxygen atoms in total. The fourth-order valence-corrected chi connectivity index (χ4v) is 7.24. The van der Waals surface area contributed by atoms with E-state index in [0.29, 0.717) is 29.1 Å². The van der Waals surface area contributed by atoms with Gasteiger partial charge in [-0.3, -0.25) is 19.4 Å². The molecule has 1 saturated heterocycles. The molecule has 2 fully saturated rings. The number of carbonyl (C=O) groups is 3. The molecular formula is C35H36KN4O5+. The van der Waals surface area contributed by atoms with E-state index in [1.807, 2.05) is 39.0 Å². The first kappa shape index (κ1) is 33.3. The van der Waals surface area contributed by atoms with Gasteiger partial charge in [-0.05, 0) is 74.1 Å². The quantitative estimate of drug-likeness (QED) is 0.263. The van der Waals surface area contributed by atoms with Crippen molar-refractivity contribution in [3.8, 4) is 0 Å². The normalized spacial score (nSPS) is 26.7. The van der Waals surface area contributed by atoms with E-state index in [1.54, 1.807) is 6.08 Å². The summed E-state index contributed by atoms with van der Waals surface area (Å²) in [5.41, 5.74) is 11.0. The summed E-state index contributed by atoms with van der Waals surface area (Å²) in [5, 5.41) is 13.1. The molecule has 0 aromatic heterocycles. The number of rotatable bonds is 6. The van der Waals surface area contributed by atoms with Crippen LogP contribution in [0, 0.1) is 23.7 Å². The molecule has 10 heteroatoms. The predicted molar refractivity (Wildman–Crippen MR) is 169 cm³/mol. The van der Waals surface area contributed by atoms with Crippen LogP contribution in [0.25, 0.3) is 0 Å². The molecule has 1 unspecified atom stereocenters. The number of ether oxygens (including phenoxy) is 1. The fraction of sp³-hybridized carbons (Fsp3) is 0.371. The van der Waals surface area contributed by atoms with Crippen molar-refractivity contribution >= 4 is 34.9 Å². The fourth-order valence-electron chi connectivity index (χ4n) is 7.24. The van der Waals surface area contributed by atoms with Crippen LogP contribution in [0.3, 0.4) is 0 Å². The first-order valence-electron chi connectivity index (χ1n) is 15.0. The number of methoxy groups -OCH3 is 1. The van der Waals surface area contributed by atoms with Crippen molar-refractivity contribution in [2.45, 2.75) is 53.9 Å². The van der Waals surface area contributed by atoms with Gasteiger partial charge in [0.2, 0.25) is 0 Å². The van der Waals surface area contributed by atoms with Crippen molar-refractivity contribution in [2.75, 3.05) is 7.11 Å². The largest absolute Gasteiger partial charge is 1.00 e. The van der Waals surface area contributed by atoms with Gasteiger partial charge in [0.15, 0.2) is 5.78 Å². The summed E-state index contributed by atoms with van der Waals surface area (Å²) in [6.45, 7) is 14.1. The van der Waals surface area contributed by atoms with E-state index in [9.17, 15) is 19.5 Å². The van der Waals surface area contributed by atoms with E-state index in [4.69, 9.17) is 19.7 Å². The first-order chi connectivity index (χ1) is 21.0. The molecule has 6 rings (SSSR count). The Morgan fingerprint density at radius 2 is 1.76 bits per heavy atom. The standard InChI is InChI=1S/C35H36N4O5.K/c1-8-19-15(3)22-12-24-17(5)21(10-11-28(40)41)32(38-24)30-31(35(43)44-7)34(42)29-18(6)25(39-33(29)30)14-27-20(9-2)16(4)23(37-27)13-26(19)36-22;/h8,12-14,17,21,29,31,38H,1,9-11H2,2-7H3,(H,40,41);/q;+1/t17-,21-,29?,31+;/m0./s1. The molecule has 0 aromatic rings. The number of hydrogen-bond donors (Lipinski definition) is 2. The molecule has 0 spiro atoms. The van der Waals surface area contributed by atoms with Crippen LogP contribution in [0.5, 0.6) is 0 Å². The summed E-state index contributed by atoms with van der Waals surface area (Å²) in [4.78, 5) is 54.0. The third-order valence-electron chi connectivity index (χ3n) is 9.71. The number of esters is 1. The number of allylic oxidation sites excluding steroid dienone is 10. The average Bonchev–Trinajstić information content (AvgIpc) is 3.72. The van der Waals surface area contributed by atoms with E-state index in [0.717, 1.165) is 62.8 Å². The van der Waals surface area contributed by atoms with Gasteiger partial charge in [0.25, 0.3) is 0 Å². The Kier molecular flexibility index (Phi) is 9.37. The molecule has 6 aliphatic rings. The van der Waals surface area contributed by atoms with Crippen LogP contribution in [-0.4, -0.2) is 47.1 Å². The van der Waals surface area contributed by atoms with Gasteiger partial charge in [0, 0.05) is 40.8 Å². The van der Waals surface area contributed by atoms with E-state index >= 15 is 0 Å². The molecule has 4 atom stereocenters. The minimum Gasteiger partial charge on any atom is -0.481 e. The molecule has 0 amide bonds. The molecule has 5 aliphatic heterocycles. The third kappa shape index (κ3) is 5.34. The zero-order valence-electron chi connectivity index (χ0n) is 26.9. The number of nitrogens with one attached hydrogen (secondary N) is 1. The van der Waals surface area contributed by atoms with E-state index in [-0.39, 0.29) is 75.4 Å². The summed E-state index contributed by atoms with van der Waals surface area (Å²) >= 11 is 0. The Labute approximate surface area is 305 Å². The van der Waals surface area contributed by atoms with Crippen molar-refractivity contribution in [3.05, 3.63) is 92.8 Å². The molecule has 0 radical (unpaired) electrons. The topological polar surface area (TPSA) is 130 Å². The second-order valence-corrected chi connectivity index (χ2v) is 12.0. The van der Waals surface area contributed by atoms with Gasteiger partial charge < -0.3 is 15.2 Å². The van der Waals surface area contributed by atoms with Crippen LogP contribution in [0.1, 0.15) is 53.9 Å². The maximum absolute atomic E-state index is 14.0. The van der Waals surface area contributed by atoms with Gasteiger partial charge in [-0.25, -0.2) is 9.98 Å². The number of ketones is 1. The monoisotopic (exact) mass is 631 g/mol. The molecule has 1 saturated carbocycles. The maximum Gasteiger partial charge on any atom is 1.00 e. The van der Waals surface area contributed by atoms with E-state index in [2.05, 4.69) is 25.7 Å². The zero-order chi connectivity index (χ0) is 31.6. The number of aliphatic imine (C=N–C) groups is 3. The summed E-state index contributed by atoms with van der Waals surface area (Å²) < 4.78 is 5.14. The number of hydrogen-bond acceptors (Lipinski definition) is 8. The Bertz CT molecular complexity index is 1790. The number of carbonyl (C=O) groups excluding carboxylic acids is 2. The smallest absolute Gasteiger partial charge is 0.481 e. The van der Waals surface area contributed by atoms with Gasteiger partial charge in [0.05, 0.1) is 47.3 Å². The molecule has 2 N–H and O–H groups in total. The number of Topliss-reactive ketones (excluding diaryl/α,β-unsaturated/α-hetero) is 1. The minimum atomic E-state index is -1.16. The van der Waals surface area contributed by atoms with Crippen molar-refractivity contribution in [3.63, 3.8) is 0 Å². The van der Waals surface area contributed by atoms with E-state index < -0.39 is 23.8 Å². The molecule has 226 valence electrons. The molecule has 1 aliphatic carbocycles. The van der Waals surface area contributed by atoms with Gasteiger partial charge in [0.1, 0.15) is 5.92 Å². The van der Waals surface area contributed by atoms with Crippen LogP contribution in [0.2, 0.25) is 0 Å². The van der Waals surface area contributed by atoms with Crippen LogP contribution < -0.4 is 56.7 Å². The number of carboxylic acid groups (broad SMARTS) is 1. The number of nitrogens with zero attached hydrogens (tertiary/aromatic N) is 3.